The van der Waals surface area contributed by atoms with Gasteiger partial charge >= 0.3 is 5.69 Å². The van der Waals surface area contributed by atoms with Gasteiger partial charge in [0.1, 0.15) is 0 Å². The van der Waals surface area contributed by atoms with Crippen molar-refractivity contribution in [2.75, 3.05) is 7.05 Å². The van der Waals surface area contributed by atoms with Crippen LogP contribution in [0.1, 0.15) is 39.7 Å². The molecule has 2 aromatic heterocycles. The lowest BCUT2D eigenvalue weighted by molar-refractivity contribution is 0.1000. The van der Waals surface area contributed by atoms with Crippen molar-refractivity contribution in [3.63, 3.8) is 0 Å². The summed E-state index contributed by atoms with van der Waals surface area (Å²) in [6, 6.07) is 9.10. The highest BCUT2D eigenvalue weighted by Crippen LogP contribution is 2.54. The lowest BCUT2D eigenvalue weighted by atomic mass is 10.0. The molecule has 4 rings (SSSR count). The molecule has 0 aliphatic heterocycles. The van der Waals surface area contributed by atoms with Crippen molar-refractivity contribution in [1.82, 2.24) is 19.7 Å². The number of benzene rings is 1. The second-order valence-corrected chi connectivity index (χ2v) is 7.08. The Morgan fingerprint density at radius 3 is 2.80 bits per heavy atom. The van der Waals surface area contributed by atoms with E-state index in [0.29, 0.717) is 16.7 Å². The topological polar surface area (TPSA) is 139 Å². The third kappa shape index (κ3) is 3.41. The van der Waals surface area contributed by atoms with Gasteiger partial charge in [-0.2, -0.15) is 5.10 Å². The van der Waals surface area contributed by atoms with Crippen molar-refractivity contribution in [3.8, 4) is 11.3 Å². The predicted octanol–water partition coefficient (Wildman–Crippen LogP) is 0.928. The molecule has 0 spiro atoms. The average molecular weight is 404 g/mol. The number of rotatable bonds is 5. The number of carbonyl (C=O) groups is 1. The number of aromatic amines is 2. The number of carbonyl (C=O) groups excluding carboxylic acids is 1. The molecule has 1 amide bonds. The maximum absolute atomic E-state index is 12.3. The normalized spacial score (nSPS) is 18.2. The second kappa shape index (κ2) is 7.43. The molecule has 0 bridgehead atoms. The molecule has 0 saturated heterocycles. The molecule has 1 aliphatic carbocycles. The van der Waals surface area contributed by atoms with E-state index in [9.17, 15) is 14.4 Å². The molecule has 0 radical (unpaired) electrons. The van der Waals surface area contributed by atoms with Crippen LogP contribution in [0.4, 0.5) is 0 Å². The summed E-state index contributed by atoms with van der Waals surface area (Å²) in [6.45, 7) is 3.79. The molecule has 3 aromatic rings. The largest absolute Gasteiger partial charge is 0.366 e. The smallest absolute Gasteiger partial charge is 0.325 e. The SMILES string of the molecule is C=Cn1nc(-c2c[nH]c(=O)[nH]c2=O)cc([C@H]2C[C@@H]2c2cccc(C(N)=O)c2)c1=NC. The Morgan fingerprint density at radius 2 is 2.13 bits per heavy atom. The predicted molar refractivity (Wildman–Crippen MR) is 112 cm³/mol. The number of amides is 1. The molecule has 30 heavy (non-hydrogen) atoms. The van der Waals surface area contributed by atoms with Crippen molar-refractivity contribution in [1.29, 1.82) is 0 Å². The zero-order valence-electron chi connectivity index (χ0n) is 16.3. The average Bonchev–Trinajstić information content (AvgIpc) is 3.53. The quantitative estimate of drug-likeness (QED) is 0.582. The first-order valence-corrected chi connectivity index (χ1v) is 9.34. The van der Waals surface area contributed by atoms with Crippen LogP contribution in [-0.4, -0.2) is 32.7 Å². The molecule has 2 atom stereocenters. The highest BCUT2D eigenvalue weighted by molar-refractivity contribution is 5.93. The van der Waals surface area contributed by atoms with Gasteiger partial charge in [0.2, 0.25) is 5.91 Å². The lowest BCUT2D eigenvalue weighted by Crippen LogP contribution is -2.27. The summed E-state index contributed by atoms with van der Waals surface area (Å²) in [5.41, 5.74) is 7.94. The number of nitrogens with two attached hydrogens (primary N) is 1. The molecule has 4 N–H and O–H groups in total. The summed E-state index contributed by atoms with van der Waals surface area (Å²) in [5.74, 6) is -0.153. The highest BCUT2D eigenvalue weighted by Gasteiger charge is 2.41. The standard InChI is InChI=1S/C21H20N6O3/c1-3-27-19(23-2)15(9-17(26-27)16-10-24-21(30)25-20(16)29)14-8-13(14)11-5-4-6-12(7-11)18(22)28/h3-7,9-10,13-14H,1,8H2,2H3,(H2,22,28)(H2,24,25,29,30)/t13-,14+/m1/s1. The minimum atomic E-state index is -0.586. The van der Waals surface area contributed by atoms with Gasteiger partial charge in [-0.1, -0.05) is 18.7 Å². The molecule has 1 fully saturated rings. The van der Waals surface area contributed by atoms with Crippen LogP contribution >= 0.6 is 0 Å². The van der Waals surface area contributed by atoms with E-state index >= 15 is 0 Å². The first-order chi connectivity index (χ1) is 14.4. The van der Waals surface area contributed by atoms with Crippen LogP contribution in [0.25, 0.3) is 17.5 Å². The van der Waals surface area contributed by atoms with Crippen LogP contribution in [0.15, 0.2) is 57.7 Å². The fourth-order valence-corrected chi connectivity index (χ4v) is 3.73. The molecule has 1 saturated carbocycles. The van der Waals surface area contributed by atoms with Gasteiger partial charge in [0.15, 0.2) is 5.49 Å². The van der Waals surface area contributed by atoms with Crippen molar-refractivity contribution in [2.24, 2.45) is 10.7 Å². The van der Waals surface area contributed by atoms with E-state index in [0.717, 1.165) is 17.5 Å². The molecule has 1 aliphatic rings. The fourth-order valence-electron chi connectivity index (χ4n) is 3.73. The molecule has 9 heteroatoms. The molecular formula is C21H20N6O3. The van der Waals surface area contributed by atoms with Crippen molar-refractivity contribution >= 4 is 12.1 Å². The molecule has 2 heterocycles. The zero-order chi connectivity index (χ0) is 21.4. The molecule has 152 valence electrons. The maximum Gasteiger partial charge on any atom is 0.325 e. The summed E-state index contributed by atoms with van der Waals surface area (Å²) in [4.78, 5) is 44.2. The number of nitrogens with one attached hydrogen (secondary N) is 2. The minimum absolute atomic E-state index is 0.126. The van der Waals surface area contributed by atoms with E-state index in [2.05, 4.69) is 26.6 Å². The van der Waals surface area contributed by atoms with E-state index in [1.165, 1.54) is 17.1 Å². The van der Waals surface area contributed by atoms with Gasteiger partial charge in [-0.05, 0) is 42.0 Å². The Bertz CT molecular complexity index is 1350. The van der Waals surface area contributed by atoms with Crippen molar-refractivity contribution in [2.45, 2.75) is 18.3 Å². The summed E-state index contributed by atoms with van der Waals surface area (Å²) in [7, 11) is 1.66. The Hall–Kier alpha value is -4.01. The van der Waals surface area contributed by atoms with Gasteiger partial charge in [0.05, 0.1) is 11.3 Å². The van der Waals surface area contributed by atoms with Crippen molar-refractivity contribution < 1.29 is 4.79 Å². The first-order valence-electron chi connectivity index (χ1n) is 9.34. The Morgan fingerprint density at radius 1 is 1.33 bits per heavy atom. The van der Waals surface area contributed by atoms with Gasteiger partial charge in [0.25, 0.3) is 5.56 Å². The molecule has 1 aromatic carbocycles. The van der Waals surface area contributed by atoms with Gasteiger partial charge in [-0.3, -0.25) is 19.6 Å². The van der Waals surface area contributed by atoms with Crippen LogP contribution in [0.5, 0.6) is 0 Å². The third-order valence-corrected chi connectivity index (χ3v) is 5.25. The van der Waals surface area contributed by atoms with Crippen molar-refractivity contribution in [3.05, 3.63) is 86.1 Å². The summed E-state index contributed by atoms with van der Waals surface area (Å²) in [5, 5.41) is 4.43. The molecule has 9 nitrogen and oxygen atoms in total. The lowest BCUT2D eigenvalue weighted by Gasteiger charge is -2.10. The van der Waals surface area contributed by atoms with Gasteiger partial charge < -0.3 is 10.7 Å². The van der Waals surface area contributed by atoms with E-state index in [4.69, 9.17) is 5.73 Å². The number of primary amides is 1. The number of H-pyrrole nitrogens is 2. The number of aromatic nitrogens is 4. The van der Waals surface area contributed by atoms with Crippen LogP contribution in [0.3, 0.4) is 0 Å². The molecule has 0 unspecified atom stereocenters. The van der Waals surface area contributed by atoms with Crippen LogP contribution in [0, 0.1) is 0 Å². The van der Waals surface area contributed by atoms with Crippen LogP contribution < -0.4 is 22.5 Å². The summed E-state index contributed by atoms with van der Waals surface area (Å²) in [6.07, 6.45) is 3.71. The fraction of sp³-hybridized carbons (Fsp3) is 0.190. The van der Waals surface area contributed by atoms with Gasteiger partial charge in [-0.25, -0.2) is 9.48 Å². The monoisotopic (exact) mass is 404 g/mol. The number of hydrogen-bond donors (Lipinski definition) is 3. The summed E-state index contributed by atoms with van der Waals surface area (Å²) >= 11 is 0. The zero-order valence-corrected chi connectivity index (χ0v) is 16.3. The maximum atomic E-state index is 12.3. The van der Waals surface area contributed by atoms with E-state index in [1.807, 2.05) is 24.3 Å². The summed E-state index contributed by atoms with van der Waals surface area (Å²) < 4.78 is 1.52. The Labute approximate surface area is 170 Å². The van der Waals surface area contributed by atoms with E-state index in [1.54, 1.807) is 13.1 Å². The van der Waals surface area contributed by atoms with E-state index < -0.39 is 17.2 Å². The van der Waals surface area contributed by atoms with E-state index in [-0.39, 0.29) is 17.4 Å². The second-order valence-electron chi connectivity index (χ2n) is 7.08. The highest BCUT2D eigenvalue weighted by atomic mass is 16.2. The van der Waals surface area contributed by atoms with Gasteiger partial charge in [-0.15, -0.1) is 0 Å². The minimum Gasteiger partial charge on any atom is -0.366 e. The molecular weight excluding hydrogens is 384 g/mol. The third-order valence-electron chi connectivity index (χ3n) is 5.25. The Kier molecular flexibility index (Phi) is 4.78. The van der Waals surface area contributed by atoms with Crippen LogP contribution in [-0.2, 0) is 0 Å². The van der Waals surface area contributed by atoms with Gasteiger partial charge in [0, 0.05) is 30.6 Å². The number of nitrogens with zero attached hydrogens (tertiary/aromatic N) is 3. The first kappa shape index (κ1) is 19.3. The Balaban J connectivity index is 1.81. The van der Waals surface area contributed by atoms with Crippen LogP contribution in [0.2, 0.25) is 0 Å². The number of hydrogen-bond acceptors (Lipinski definition) is 5.